The van der Waals surface area contributed by atoms with Gasteiger partial charge in [-0.25, -0.2) is 0 Å². The Labute approximate surface area is 109 Å². The third kappa shape index (κ3) is 2.98. The van der Waals surface area contributed by atoms with Crippen molar-refractivity contribution in [2.24, 2.45) is 7.05 Å². The zero-order valence-corrected chi connectivity index (χ0v) is 11.1. The summed E-state index contributed by atoms with van der Waals surface area (Å²) in [6.45, 7) is 0. The van der Waals surface area contributed by atoms with E-state index in [4.69, 9.17) is 11.6 Å². The van der Waals surface area contributed by atoms with Crippen molar-refractivity contribution in [1.82, 2.24) is 19.7 Å². The van der Waals surface area contributed by atoms with E-state index in [9.17, 15) is 0 Å². The summed E-state index contributed by atoms with van der Waals surface area (Å²) in [5.41, 5.74) is 1.03. The van der Waals surface area contributed by atoms with Crippen molar-refractivity contribution in [2.75, 3.05) is 11.6 Å². The van der Waals surface area contributed by atoms with Crippen LogP contribution < -0.4 is 0 Å². The average Bonchev–Trinajstić information content (AvgIpc) is 2.73. The lowest BCUT2D eigenvalue weighted by molar-refractivity contribution is 0.793. The minimum atomic E-state index is 0.683. The molecule has 0 radical (unpaired) electrons. The highest BCUT2D eigenvalue weighted by atomic mass is 35.5. The number of aromatic nitrogens is 4. The number of rotatable bonds is 5. The minimum Gasteiger partial charge on any atom is -0.305 e. The van der Waals surface area contributed by atoms with Crippen LogP contribution in [0.3, 0.4) is 0 Å². The summed E-state index contributed by atoms with van der Waals surface area (Å²) in [4.78, 5) is 3.99. The van der Waals surface area contributed by atoms with Gasteiger partial charge in [-0.1, -0.05) is 11.8 Å². The smallest absolute Gasteiger partial charge is 0.191 e. The van der Waals surface area contributed by atoms with Gasteiger partial charge in [0.2, 0.25) is 0 Å². The summed E-state index contributed by atoms with van der Waals surface area (Å²) in [7, 11) is 1.97. The molecular weight excluding hydrogens is 256 g/mol. The second kappa shape index (κ2) is 6.02. The van der Waals surface area contributed by atoms with Gasteiger partial charge in [-0.3, -0.25) is 4.98 Å². The zero-order chi connectivity index (χ0) is 12.1. The molecule has 17 heavy (non-hydrogen) atoms. The van der Waals surface area contributed by atoms with Crippen LogP contribution in [0, 0.1) is 0 Å². The first kappa shape index (κ1) is 12.4. The van der Waals surface area contributed by atoms with Crippen molar-refractivity contribution in [2.45, 2.75) is 11.6 Å². The van der Waals surface area contributed by atoms with E-state index in [1.54, 1.807) is 24.2 Å². The maximum Gasteiger partial charge on any atom is 0.191 e. The van der Waals surface area contributed by atoms with Crippen molar-refractivity contribution in [3.63, 3.8) is 0 Å². The highest BCUT2D eigenvalue weighted by Gasteiger charge is 2.10. The topological polar surface area (TPSA) is 43.6 Å². The summed E-state index contributed by atoms with van der Waals surface area (Å²) in [5.74, 6) is 2.51. The van der Waals surface area contributed by atoms with Gasteiger partial charge in [0, 0.05) is 36.6 Å². The van der Waals surface area contributed by atoms with E-state index in [0.29, 0.717) is 5.88 Å². The van der Waals surface area contributed by atoms with E-state index in [-0.39, 0.29) is 0 Å². The van der Waals surface area contributed by atoms with Gasteiger partial charge in [0.25, 0.3) is 0 Å². The molecule has 0 atom stereocenters. The molecule has 2 rings (SSSR count). The van der Waals surface area contributed by atoms with Crippen LogP contribution in [0.4, 0.5) is 0 Å². The van der Waals surface area contributed by atoms with Crippen LogP contribution in [0.1, 0.15) is 6.42 Å². The normalized spacial score (nSPS) is 10.7. The summed E-state index contributed by atoms with van der Waals surface area (Å²) < 4.78 is 1.99. The second-order valence-electron chi connectivity index (χ2n) is 3.49. The monoisotopic (exact) mass is 268 g/mol. The van der Waals surface area contributed by atoms with Gasteiger partial charge in [0.1, 0.15) is 0 Å². The Hall–Kier alpha value is -1.07. The predicted molar refractivity (Wildman–Crippen MR) is 70.3 cm³/mol. The largest absolute Gasteiger partial charge is 0.305 e. The molecule has 0 bridgehead atoms. The van der Waals surface area contributed by atoms with Crippen molar-refractivity contribution >= 4 is 23.4 Å². The van der Waals surface area contributed by atoms with Gasteiger partial charge < -0.3 is 4.57 Å². The lowest BCUT2D eigenvalue weighted by atomic mass is 10.2. The molecule has 0 aliphatic heterocycles. The van der Waals surface area contributed by atoms with E-state index in [1.165, 1.54) is 0 Å². The highest BCUT2D eigenvalue weighted by Crippen LogP contribution is 2.22. The standard InChI is InChI=1S/C11H13ClN4S/c1-16-10(9-3-6-13-7-4-9)14-15-11(16)17-8-2-5-12/h3-4,6-7H,2,5,8H2,1H3. The molecule has 90 valence electrons. The summed E-state index contributed by atoms with van der Waals surface area (Å²) >= 11 is 7.32. The molecule has 0 N–H and O–H groups in total. The van der Waals surface area contributed by atoms with E-state index in [2.05, 4.69) is 15.2 Å². The first-order chi connectivity index (χ1) is 8.33. The van der Waals surface area contributed by atoms with Crippen molar-refractivity contribution < 1.29 is 0 Å². The summed E-state index contributed by atoms with van der Waals surface area (Å²) in [5, 5.41) is 9.29. The lowest BCUT2D eigenvalue weighted by Crippen LogP contribution is -1.95. The molecule has 6 heteroatoms. The third-order valence-electron chi connectivity index (χ3n) is 2.28. The first-order valence-electron chi connectivity index (χ1n) is 5.31. The molecule has 0 aliphatic rings. The lowest BCUT2D eigenvalue weighted by Gasteiger charge is -2.02. The van der Waals surface area contributed by atoms with Crippen LogP contribution in [0.5, 0.6) is 0 Å². The van der Waals surface area contributed by atoms with Crippen molar-refractivity contribution in [1.29, 1.82) is 0 Å². The Bertz CT molecular complexity index is 472. The molecule has 2 aromatic rings. The highest BCUT2D eigenvalue weighted by molar-refractivity contribution is 7.99. The number of hydrogen-bond acceptors (Lipinski definition) is 4. The van der Waals surface area contributed by atoms with Crippen molar-refractivity contribution in [3.05, 3.63) is 24.5 Å². The van der Waals surface area contributed by atoms with Crippen LogP contribution in [0.25, 0.3) is 11.4 Å². The van der Waals surface area contributed by atoms with Crippen LogP contribution in [-0.2, 0) is 7.05 Å². The van der Waals surface area contributed by atoms with E-state index < -0.39 is 0 Å². The van der Waals surface area contributed by atoms with Crippen LogP contribution in [0.2, 0.25) is 0 Å². The zero-order valence-electron chi connectivity index (χ0n) is 9.51. The SMILES string of the molecule is Cn1c(SCCCCl)nnc1-c1ccncc1. The van der Waals surface area contributed by atoms with E-state index in [1.807, 2.05) is 23.7 Å². The van der Waals surface area contributed by atoms with E-state index in [0.717, 1.165) is 28.7 Å². The van der Waals surface area contributed by atoms with Gasteiger partial charge in [-0.15, -0.1) is 21.8 Å². The summed E-state index contributed by atoms with van der Waals surface area (Å²) in [6.07, 6.45) is 4.48. The Morgan fingerprint density at radius 1 is 1.29 bits per heavy atom. The molecule has 0 saturated heterocycles. The van der Waals surface area contributed by atoms with Gasteiger partial charge in [-0.2, -0.15) is 0 Å². The van der Waals surface area contributed by atoms with E-state index >= 15 is 0 Å². The number of thioether (sulfide) groups is 1. The molecule has 0 spiro atoms. The molecule has 0 fully saturated rings. The Balaban J connectivity index is 2.15. The second-order valence-corrected chi connectivity index (χ2v) is 4.93. The maximum atomic E-state index is 5.65. The number of alkyl halides is 1. The number of nitrogens with zero attached hydrogens (tertiary/aromatic N) is 4. The molecule has 0 amide bonds. The third-order valence-corrected chi connectivity index (χ3v) is 3.66. The Morgan fingerprint density at radius 2 is 2.06 bits per heavy atom. The molecule has 4 nitrogen and oxygen atoms in total. The number of hydrogen-bond donors (Lipinski definition) is 0. The molecule has 0 unspecified atom stereocenters. The van der Waals surface area contributed by atoms with Gasteiger partial charge >= 0.3 is 0 Å². The molecule has 0 aliphatic carbocycles. The average molecular weight is 269 g/mol. The minimum absolute atomic E-state index is 0.683. The molecule has 2 aromatic heterocycles. The fraction of sp³-hybridized carbons (Fsp3) is 0.364. The summed E-state index contributed by atoms with van der Waals surface area (Å²) in [6, 6.07) is 3.86. The van der Waals surface area contributed by atoms with Crippen LogP contribution in [0.15, 0.2) is 29.7 Å². The van der Waals surface area contributed by atoms with Crippen LogP contribution in [-0.4, -0.2) is 31.4 Å². The molecule has 0 saturated carbocycles. The van der Waals surface area contributed by atoms with Gasteiger partial charge in [-0.05, 0) is 18.6 Å². The fourth-order valence-electron chi connectivity index (χ4n) is 1.41. The molecule has 2 heterocycles. The first-order valence-corrected chi connectivity index (χ1v) is 6.83. The number of halogens is 1. The Kier molecular flexibility index (Phi) is 4.39. The van der Waals surface area contributed by atoms with Crippen molar-refractivity contribution in [3.8, 4) is 11.4 Å². The predicted octanol–water partition coefficient (Wildman–Crippen LogP) is 2.60. The molecular formula is C11H13ClN4S. The van der Waals surface area contributed by atoms with Gasteiger partial charge in [0.05, 0.1) is 0 Å². The molecule has 0 aromatic carbocycles. The van der Waals surface area contributed by atoms with Crippen LogP contribution >= 0.6 is 23.4 Å². The Morgan fingerprint density at radius 3 is 2.76 bits per heavy atom. The number of pyridine rings is 1. The quantitative estimate of drug-likeness (QED) is 0.475. The van der Waals surface area contributed by atoms with Gasteiger partial charge in [0.15, 0.2) is 11.0 Å². The maximum absolute atomic E-state index is 5.65. The fourth-order valence-corrected chi connectivity index (χ4v) is 2.55.